The average Bonchev–Trinajstić information content (AvgIpc) is 2.53. The Balaban J connectivity index is 1.88. The van der Waals surface area contributed by atoms with E-state index in [1.807, 2.05) is 6.08 Å². The van der Waals surface area contributed by atoms with E-state index in [4.69, 9.17) is 10.2 Å². The highest BCUT2D eigenvalue weighted by molar-refractivity contribution is 6.02. The van der Waals surface area contributed by atoms with Crippen LogP contribution in [0, 0.1) is 0 Å². The fourth-order valence-electron chi connectivity index (χ4n) is 1.72. The minimum atomic E-state index is -0.122. The summed E-state index contributed by atoms with van der Waals surface area (Å²) in [4.78, 5) is 11.6. The molecule has 0 saturated carbocycles. The van der Waals surface area contributed by atoms with E-state index in [1.165, 1.54) is 12.2 Å². The van der Waals surface area contributed by atoms with Crippen LogP contribution in [0.4, 0.5) is 0 Å². The molecule has 0 atom stereocenters. The van der Waals surface area contributed by atoms with E-state index in [2.05, 4.69) is 0 Å². The molecule has 0 aromatic heterocycles. The molecule has 0 amide bonds. The van der Waals surface area contributed by atoms with Gasteiger partial charge in [-0.15, -0.1) is 0 Å². The zero-order valence-corrected chi connectivity index (χ0v) is 11.9. The number of phenolic OH excluding ortho intramolecular Hbond substituents is 2. The second-order valence-corrected chi connectivity index (χ2v) is 4.64. The molecular weight excluding hydrogens is 276 g/mol. The van der Waals surface area contributed by atoms with Crippen molar-refractivity contribution in [3.63, 3.8) is 0 Å². The van der Waals surface area contributed by atoms with Gasteiger partial charge in [0.15, 0.2) is 5.78 Å². The first-order chi connectivity index (χ1) is 10.6. The minimum absolute atomic E-state index is 0.122. The Bertz CT molecular complexity index is 705. The molecule has 0 aliphatic carbocycles. The lowest BCUT2D eigenvalue weighted by molar-refractivity contribution is -0.110. The van der Waals surface area contributed by atoms with Crippen LogP contribution in [0.5, 0.6) is 11.5 Å². The lowest BCUT2D eigenvalue weighted by Gasteiger charge is -1.93. The highest BCUT2D eigenvalue weighted by Gasteiger charge is 1.91. The average molecular weight is 292 g/mol. The van der Waals surface area contributed by atoms with Crippen molar-refractivity contribution >= 4 is 17.9 Å². The predicted octanol–water partition coefficient (Wildman–Crippen LogP) is 3.95. The zero-order chi connectivity index (χ0) is 15.8. The van der Waals surface area contributed by atoms with Gasteiger partial charge in [0.1, 0.15) is 11.5 Å². The molecule has 2 N–H and O–H groups in total. The largest absolute Gasteiger partial charge is 0.508 e. The molecule has 3 heteroatoms. The monoisotopic (exact) mass is 292 g/mol. The normalized spacial score (nSPS) is 11.6. The van der Waals surface area contributed by atoms with Gasteiger partial charge in [-0.2, -0.15) is 0 Å². The lowest BCUT2D eigenvalue weighted by Crippen LogP contribution is -1.83. The standard InChI is InChI=1S/C19H16O3/c20-17(10-7-16-8-13-19(22)14-9-16)4-2-1-3-15-5-11-18(21)12-6-15/h1-14,21-22H/b3-1+,4-2+,10-7-. The van der Waals surface area contributed by atoms with Crippen LogP contribution in [-0.4, -0.2) is 16.0 Å². The number of phenols is 2. The number of hydrogen-bond acceptors (Lipinski definition) is 3. The molecular formula is C19H16O3. The number of aromatic hydroxyl groups is 2. The summed E-state index contributed by atoms with van der Waals surface area (Å²) in [5.74, 6) is 0.299. The van der Waals surface area contributed by atoms with Gasteiger partial charge >= 0.3 is 0 Å². The van der Waals surface area contributed by atoms with Gasteiger partial charge in [0.2, 0.25) is 0 Å². The van der Waals surface area contributed by atoms with Crippen LogP contribution in [0.3, 0.4) is 0 Å². The summed E-state index contributed by atoms with van der Waals surface area (Å²) in [7, 11) is 0. The van der Waals surface area contributed by atoms with Gasteiger partial charge in [-0.3, -0.25) is 4.79 Å². The van der Waals surface area contributed by atoms with Crippen LogP contribution in [-0.2, 0) is 4.79 Å². The molecule has 0 spiro atoms. The quantitative estimate of drug-likeness (QED) is 0.648. The summed E-state index contributed by atoms with van der Waals surface area (Å²) in [5.41, 5.74) is 1.79. The third kappa shape index (κ3) is 5.13. The number of allylic oxidation sites excluding steroid dienone is 4. The number of ketones is 1. The van der Waals surface area contributed by atoms with Crippen molar-refractivity contribution in [2.75, 3.05) is 0 Å². The second kappa shape index (κ2) is 7.64. The first kappa shape index (κ1) is 15.3. The van der Waals surface area contributed by atoms with Crippen LogP contribution in [0.2, 0.25) is 0 Å². The lowest BCUT2D eigenvalue weighted by atomic mass is 10.2. The van der Waals surface area contributed by atoms with Crippen molar-refractivity contribution < 1.29 is 15.0 Å². The van der Waals surface area contributed by atoms with Crippen LogP contribution in [0.15, 0.2) is 72.8 Å². The number of carbonyl (C=O) groups excluding carboxylic acids is 1. The Hall–Kier alpha value is -3.07. The fraction of sp³-hybridized carbons (Fsp3) is 0. The molecule has 3 nitrogen and oxygen atoms in total. The van der Waals surface area contributed by atoms with Crippen LogP contribution in [0.25, 0.3) is 12.2 Å². The predicted molar refractivity (Wildman–Crippen MR) is 88.4 cm³/mol. The van der Waals surface area contributed by atoms with Gasteiger partial charge in [0.05, 0.1) is 0 Å². The molecule has 2 aromatic carbocycles. The molecule has 0 aliphatic heterocycles. The smallest absolute Gasteiger partial charge is 0.178 e. The Morgan fingerprint density at radius 1 is 0.682 bits per heavy atom. The van der Waals surface area contributed by atoms with E-state index >= 15 is 0 Å². The number of hydrogen-bond donors (Lipinski definition) is 2. The van der Waals surface area contributed by atoms with E-state index in [-0.39, 0.29) is 17.3 Å². The first-order valence-electron chi connectivity index (χ1n) is 6.78. The van der Waals surface area contributed by atoms with Gasteiger partial charge in [-0.1, -0.05) is 48.6 Å². The van der Waals surface area contributed by atoms with E-state index in [9.17, 15) is 4.79 Å². The Labute approximate surface area is 129 Å². The highest BCUT2D eigenvalue weighted by Crippen LogP contribution is 2.11. The summed E-state index contributed by atoms with van der Waals surface area (Å²) in [5, 5.41) is 18.3. The first-order valence-corrected chi connectivity index (χ1v) is 6.78. The van der Waals surface area contributed by atoms with Gasteiger partial charge in [-0.05, 0) is 47.5 Å². The van der Waals surface area contributed by atoms with E-state index in [0.717, 1.165) is 11.1 Å². The molecule has 110 valence electrons. The number of carbonyl (C=O) groups is 1. The maximum Gasteiger partial charge on any atom is 0.178 e. The maximum absolute atomic E-state index is 11.6. The van der Waals surface area contributed by atoms with Crippen LogP contribution >= 0.6 is 0 Å². The summed E-state index contributed by atoms with van der Waals surface area (Å²) < 4.78 is 0. The molecule has 0 saturated heterocycles. The third-order valence-electron chi connectivity index (χ3n) is 2.89. The Morgan fingerprint density at radius 2 is 1.18 bits per heavy atom. The van der Waals surface area contributed by atoms with Crippen molar-refractivity contribution in [1.82, 2.24) is 0 Å². The molecule has 0 heterocycles. The van der Waals surface area contributed by atoms with Crippen molar-refractivity contribution in [2.24, 2.45) is 0 Å². The molecule has 2 rings (SSSR count). The molecule has 0 fully saturated rings. The summed E-state index contributed by atoms with van der Waals surface area (Å²) in [6.07, 6.45) is 9.89. The summed E-state index contributed by atoms with van der Waals surface area (Å²) >= 11 is 0. The zero-order valence-electron chi connectivity index (χ0n) is 11.9. The Kier molecular flexibility index (Phi) is 5.32. The van der Waals surface area contributed by atoms with Crippen molar-refractivity contribution in [2.45, 2.75) is 0 Å². The van der Waals surface area contributed by atoms with Crippen LogP contribution in [0.1, 0.15) is 11.1 Å². The maximum atomic E-state index is 11.6. The fourth-order valence-corrected chi connectivity index (χ4v) is 1.72. The molecule has 0 unspecified atom stereocenters. The highest BCUT2D eigenvalue weighted by atomic mass is 16.3. The molecule has 0 bridgehead atoms. The van der Waals surface area contributed by atoms with Gasteiger partial charge in [0, 0.05) is 0 Å². The summed E-state index contributed by atoms with van der Waals surface area (Å²) in [6.45, 7) is 0. The molecule has 0 radical (unpaired) electrons. The van der Waals surface area contributed by atoms with Gasteiger partial charge in [-0.25, -0.2) is 0 Å². The van der Waals surface area contributed by atoms with Gasteiger partial charge in [0.25, 0.3) is 0 Å². The van der Waals surface area contributed by atoms with Crippen molar-refractivity contribution in [1.29, 1.82) is 0 Å². The summed E-state index contributed by atoms with van der Waals surface area (Å²) in [6, 6.07) is 13.4. The SMILES string of the molecule is O=C(/C=C\c1ccc(O)cc1)/C=C/C=C/c1ccc(O)cc1. The second-order valence-electron chi connectivity index (χ2n) is 4.64. The topological polar surface area (TPSA) is 57.5 Å². The molecule has 2 aromatic rings. The Morgan fingerprint density at radius 3 is 1.73 bits per heavy atom. The third-order valence-corrected chi connectivity index (χ3v) is 2.89. The number of rotatable bonds is 5. The van der Waals surface area contributed by atoms with Gasteiger partial charge < -0.3 is 10.2 Å². The van der Waals surface area contributed by atoms with Crippen LogP contribution < -0.4 is 0 Å². The van der Waals surface area contributed by atoms with E-state index in [1.54, 1.807) is 66.8 Å². The minimum Gasteiger partial charge on any atom is -0.508 e. The van der Waals surface area contributed by atoms with Crippen molar-refractivity contribution in [3.8, 4) is 11.5 Å². The molecule has 22 heavy (non-hydrogen) atoms. The van der Waals surface area contributed by atoms with Crippen molar-refractivity contribution in [3.05, 3.63) is 84.0 Å². The van der Waals surface area contributed by atoms with E-state index < -0.39 is 0 Å². The molecule has 0 aliphatic rings. The number of benzene rings is 2. The van der Waals surface area contributed by atoms with E-state index in [0.29, 0.717) is 0 Å².